The van der Waals surface area contributed by atoms with Crippen molar-refractivity contribution in [3.8, 4) is 142 Å². The number of hydrogen-bond donors (Lipinski definition) is 2. The molecule has 0 aliphatic heterocycles. The molecular weight excluding hydrogens is 593 g/mol. The van der Waals surface area contributed by atoms with Crippen molar-refractivity contribution in [1.82, 2.24) is 0 Å². The van der Waals surface area contributed by atoms with Gasteiger partial charge in [-0.3, -0.25) is 0 Å². The molecule has 0 radical (unpaired) electrons. The first kappa shape index (κ1) is 39.1. The van der Waals surface area contributed by atoms with Gasteiger partial charge in [-0.05, 0) is 27.7 Å². The molecule has 0 saturated carbocycles. The van der Waals surface area contributed by atoms with Gasteiger partial charge in [0.1, 0.15) is 23.4 Å². The second-order valence-electron chi connectivity index (χ2n) is 9.19. The highest BCUT2D eigenvalue weighted by atomic mass is 15.1. The number of hydrogen-bond acceptors (Lipinski definition) is 0. The highest BCUT2D eigenvalue weighted by Crippen LogP contribution is 2.12. The number of benzene rings is 2. The maximum Gasteiger partial charge on any atom is 1.00 e. The van der Waals surface area contributed by atoms with Gasteiger partial charge >= 0.3 is 4.28 Å². The minimum absolute atomic E-state index is 0. The Morgan fingerprint density at radius 2 is 0.796 bits per heavy atom. The molecule has 0 spiro atoms. The monoisotopic (exact) mass is 709 g/mol. The van der Waals surface area contributed by atoms with Gasteiger partial charge in [0.15, 0.2) is 41.6 Å². The lowest BCUT2D eigenvalue weighted by Gasteiger charge is -2.07. The lowest BCUT2D eigenvalue weighted by molar-refractivity contribution is -0.731. The van der Waals surface area contributed by atoms with Crippen LogP contribution in [-0.4, -0.2) is 7.05 Å². The van der Waals surface area contributed by atoms with Crippen molar-refractivity contribution >= 4 is 11.4 Å². The number of rotatable bonds is 2. The lowest BCUT2D eigenvalue weighted by atomic mass is 10.1. The molecule has 0 aliphatic carbocycles. The SMILES string of the molecule is [CH+]=CC#CC#CC#CC#C[NH+](C#CC#CC#CC#CC=[CH+])c1ccc(C)cc1C.[CH+]=CC#CC#CC#CC#C[NH+](C)c1ccc(C)cc1C.[H+].[H+].[H+].[HH].[HH].[HH].[HH].[HH].[HH].[HH].[HH].[HH].[HH].[HH].[HH].[HH].[HH].[HH].[HH].[HH].[HH].[HH].[HH].[HH].[HH].[HH].[HH].[HH].[HH].[HH].[HH].[HH].[HH].[HH].[HH].[HH].[HH].[HH].[HH].[HH].[HH].[HH].[HH].[HH].[HH]. The fraction of sp³-hybridized carbons (Fsp3) is 0.106. The first-order valence-electron chi connectivity index (χ1n) is 14.3. The molecule has 49 heavy (non-hydrogen) atoms. The van der Waals surface area contributed by atoms with Crippen LogP contribution in [0.5, 0.6) is 0 Å². The van der Waals surface area contributed by atoms with E-state index in [4.69, 9.17) is 19.7 Å². The smallest absolute Gasteiger partial charge is 0.227 e. The molecule has 2 heteroatoms. The molecule has 2 aromatic rings. The summed E-state index contributed by atoms with van der Waals surface area (Å²) < 4.78 is 0. The molecule has 2 rings (SSSR count). The van der Waals surface area contributed by atoms with Gasteiger partial charge in [-0.15, -0.1) is 4.90 Å². The van der Waals surface area contributed by atoms with Crippen molar-refractivity contribution in [3.63, 3.8) is 0 Å². The van der Waals surface area contributed by atoms with E-state index in [1.165, 1.54) is 29.4 Å². The molecule has 1 unspecified atom stereocenters. The fourth-order valence-corrected chi connectivity index (χ4v) is 3.48. The molecule has 0 saturated heterocycles. The predicted octanol–water partition coefficient (Wildman–Crippen LogP) is 13.8. The van der Waals surface area contributed by atoms with E-state index >= 15 is 0 Å². The summed E-state index contributed by atoms with van der Waals surface area (Å²) in [6.45, 7) is 23.5. The molecule has 1 atom stereocenters. The Morgan fingerprint density at radius 1 is 0.469 bits per heavy atom. The Hall–Kier alpha value is -7.97. The van der Waals surface area contributed by atoms with E-state index in [0.717, 1.165) is 27.4 Å². The zero-order valence-corrected chi connectivity index (χ0v) is 27.9. The average Bonchev–Trinajstić information content (AvgIpc) is 3.08. The van der Waals surface area contributed by atoms with E-state index < -0.39 is 0 Å². The van der Waals surface area contributed by atoms with E-state index in [9.17, 15) is 0 Å². The van der Waals surface area contributed by atoms with Crippen molar-refractivity contribution in [3.05, 3.63) is 96.6 Å². The molecule has 0 amide bonds. The molecule has 0 fully saturated rings. The summed E-state index contributed by atoms with van der Waals surface area (Å²) in [6, 6.07) is 21.3. The zero-order chi connectivity index (χ0) is 36.0. The van der Waals surface area contributed by atoms with Crippen LogP contribution in [0.2, 0.25) is 0 Å². The predicted molar refractivity (Wildman–Crippen MR) is 291 cm³/mol. The van der Waals surface area contributed by atoms with Gasteiger partial charge in [-0.25, -0.2) is 4.90 Å². The van der Waals surface area contributed by atoms with Gasteiger partial charge in [0.05, 0.1) is 44.5 Å². The first-order valence-corrected chi connectivity index (χ1v) is 14.3. The average molecular weight is 709 g/mol. The van der Waals surface area contributed by atoms with Crippen molar-refractivity contribution in [2.75, 3.05) is 7.05 Å². The van der Waals surface area contributed by atoms with E-state index in [0.29, 0.717) is 4.90 Å². The van der Waals surface area contributed by atoms with Gasteiger partial charge in [0, 0.05) is 154 Å². The standard InChI is InChI=1S/C28H13N.C19H14N.42H2/c1-5-7-9-11-13-15-17-19-23-29(28-22-21-26(3)25-27(28)4)24-20-18-16-14-12-10-8-6-2;1-5-6-7-8-9-10-11-12-15-20(4)19-14-13-17(2)16-18(19)3;;;;;;;;;;;;;;;;;;;;;;;;;;;;;;;;;;;;;;;;;;/h1-2,5-6,21-22,25H,3-4H3;1,5,13-14,16H,2-4H3;42*1H/q+2;+1;;;;;;;;;;;;;;;;;;;;;;;;;;;;;;;;;;;;;;;;;;/p+5. The fourth-order valence-electron chi connectivity index (χ4n) is 3.48. The summed E-state index contributed by atoms with van der Waals surface area (Å²) in [5, 5.41) is 0. The molecule has 0 aliphatic rings. The van der Waals surface area contributed by atoms with Crippen LogP contribution in [0.1, 0.15) is 86.5 Å². The maximum atomic E-state index is 5.12. The Morgan fingerprint density at radius 3 is 1.16 bits per heavy atom. The van der Waals surface area contributed by atoms with E-state index in [1.807, 2.05) is 33.0 Å². The van der Waals surface area contributed by atoms with Crippen LogP contribution in [0.15, 0.2) is 54.6 Å². The summed E-state index contributed by atoms with van der Waals surface area (Å²) in [5.41, 5.74) is 6.76. The van der Waals surface area contributed by atoms with Crippen molar-refractivity contribution in [2.24, 2.45) is 0 Å². The minimum atomic E-state index is 0. The van der Waals surface area contributed by atoms with Gasteiger partial charge in [0.25, 0.3) is 0 Å². The van der Waals surface area contributed by atoms with Gasteiger partial charge in [-0.1, -0.05) is 35.4 Å². The van der Waals surface area contributed by atoms with Crippen LogP contribution in [0.25, 0.3) is 0 Å². The third-order valence-electron chi connectivity index (χ3n) is 5.47. The van der Waals surface area contributed by atoms with Crippen LogP contribution in [0.4, 0.5) is 11.4 Å². The summed E-state index contributed by atoms with van der Waals surface area (Å²) in [5.74, 6) is 54.5. The molecule has 306 valence electrons. The summed E-state index contributed by atoms with van der Waals surface area (Å²) >= 11 is 0. The summed E-state index contributed by atoms with van der Waals surface area (Å²) in [4.78, 5) is 1.62. The van der Waals surface area contributed by atoms with Crippen LogP contribution < -0.4 is 9.80 Å². The largest absolute Gasteiger partial charge is 1.00 e. The highest BCUT2D eigenvalue weighted by molar-refractivity contribution is 5.46. The van der Waals surface area contributed by atoms with Gasteiger partial charge in [0.2, 0.25) is 18.2 Å². The van der Waals surface area contributed by atoms with E-state index in [-0.39, 0.29) is 64.2 Å². The van der Waals surface area contributed by atoms with E-state index in [2.05, 4.69) is 181 Å². The minimum Gasteiger partial charge on any atom is -0.227 e. The number of nitrogens with one attached hydrogen (secondary N) is 2. The molecule has 0 aromatic heterocycles. The molecule has 2 aromatic carbocycles. The molecule has 2 nitrogen and oxygen atoms in total. The summed E-state index contributed by atoms with van der Waals surface area (Å²) in [6.07, 6.45) is 3.67. The Balaban J connectivity index is -0.00000000816. The van der Waals surface area contributed by atoms with Crippen molar-refractivity contribution in [1.29, 1.82) is 0 Å². The van der Waals surface area contributed by atoms with Crippen molar-refractivity contribution in [2.45, 2.75) is 27.7 Å². The van der Waals surface area contributed by atoms with Crippen molar-refractivity contribution < 1.29 is 74.0 Å². The number of quaternary nitrogens is 2. The lowest BCUT2D eigenvalue weighted by Crippen LogP contribution is -2.99. The highest BCUT2D eigenvalue weighted by Gasteiger charge is 2.11. The van der Waals surface area contributed by atoms with E-state index in [1.54, 1.807) is 0 Å². The topological polar surface area (TPSA) is 8.88 Å². The molecule has 2 N–H and O–H groups in total. The quantitative estimate of drug-likeness (QED) is 0.227. The Labute approximate surface area is 361 Å². The molecule has 0 bridgehead atoms. The second-order valence-corrected chi connectivity index (χ2v) is 9.19. The Kier molecular flexibility index (Phi) is 20.2. The van der Waals surface area contributed by atoms with Gasteiger partial charge in [-0.2, -0.15) is 0 Å². The summed E-state index contributed by atoms with van der Waals surface area (Å²) in [7, 11) is 1.99. The third-order valence-corrected chi connectivity index (χ3v) is 5.47. The van der Waals surface area contributed by atoms with Crippen LogP contribution >= 0.6 is 0 Å². The third kappa shape index (κ3) is 18.4. The van der Waals surface area contributed by atoms with Crippen LogP contribution in [0.3, 0.4) is 0 Å². The van der Waals surface area contributed by atoms with Crippen LogP contribution in [-0.2, 0) is 0 Å². The molecular formula is C47H116N2+8. The maximum absolute atomic E-state index is 5.12. The second kappa shape index (κ2) is 25.4. The number of allylic oxidation sites excluding steroid dienone is 3. The zero-order valence-electron chi connectivity index (χ0n) is 30.9. The van der Waals surface area contributed by atoms with Crippen LogP contribution in [0, 0.1) is 190 Å². The first-order chi connectivity index (χ1) is 23.8. The Bertz CT molecular complexity index is 2380. The van der Waals surface area contributed by atoms with Gasteiger partial charge < -0.3 is 0 Å². The normalized spacial score (nSPS) is 8.20. The molecule has 0 heterocycles. The number of aryl methyl sites for hydroxylation is 4.